The van der Waals surface area contributed by atoms with Crippen LogP contribution in [-0.2, 0) is 4.79 Å². The number of hydrogen-bond acceptors (Lipinski definition) is 4. The number of hydrogen-bond donors (Lipinski definition) is 1. The fourth-order valence-electron chi connectivity index (χ4n) is 1.67. The van der Waals surface area contributed by atoms with E-state index in [2.05, 4.69) is 15.3 Å². The van der Waals surface area contributed by atoms with Crippen LogP contribution in [0.4, 0.5) is 0 Å². The van der Waals surface area contributed by atoms with E-state index in [1.165, 1.54) is 17.3 Å². The molecule has 1 rings (SSSR count). The highest BCUT2D eigenvalue weighted by molar-refractivity contribution is 6.29. The topological polar surface area (TPSA) is 75.2 Å². The number of aromatic nitrogens is 2. The van der Waals surface area contributed by atoms with Gasteiger partial charge in [0.25, 0.3) is 5.91 Å². The molecule has 1 N–H and O–H groups in total. The van der Waals surface area contributed by atoms with Gasteiger partial charge < -0.3 is 10.2 Å². The Kier molecular flexibility index (Phi) is 5.88. The number of halogens is 1. The maximum Gasteiger partial charge on any atom is 0.272 e. The van der Waals surface area contributed by atoms with E-state index in [1.54, 1.807) is 14.1 Å². The van der Waals surface area contributed by atoms with E-state index in [9.17, 15) is 9.59 Å². The zero-order valence-corrected chi connectivity index (χ0v) is 12.8. The van der Waals surface area contributed by atoms with Gasteiger partial charge in [0.2, 0.25) is 5.91 Å². The smallest absolute Gasteiger partial charge is 0.272 e. The van der Waals surface area contributed by atoms with Gasteiger partial charge in [-0.15, -0.1) is 0 Å². The van der Waals surface area contributed by atoms with Gasteiger partial charge in [0.05, 0.1) is 12.4 Å². The van der Waals surface area contributed by atoms with Crippen LogP contribution >= 0.6 is 11.6 Å². The molecule has 20 heavy (non-hydrogen) atoms. The Morgan fingerprint density at radius 3 is 2.40 bits per heavy atom. The first-order valence-corrected chi connectivity index (χ1v) is 6.68. The molecule has 2 amide bonds. The summed E-state index contributed by atoms with van der Waals surface area (Å²) in [5, 5.41) is 2.90. The minimum absolute atomic E-state index is 0.134. The molecule has 0 aliphatic carbocycles. The van der Waals surface area contributed by atoms with Gasteiger partial charge in [0.15, 0.2) is 0 Å². The van der Waals surface area contributed by atoms with Crippen LogP contribution in [0, 0.1) is 5.92 Å². The molecule has 0 saturated heterocycles. The van der Waals surface area contributed by atoms with E-state index >= 15 is 0 Å². The highest BCUT2D eigenvalue weighted by Crippen LogP contribution is 2.08. The lowest BCUT2D eigenvalue weighted by Crippen LogP contribution is -2.47. The van der Waals surface area contributed by atoms with E-state index in [0.717, 1.165) is 0 Å². The number of carbonyl (C=O) groups excluding carboxylic acids is 2. The number of nitrogens with zero attached hydrogens (tertiary/aromatic N) is 3. The van der Waals surface area contributed by atoms with Gasteiger partial charge in [-0.3, -0.25) is 9.59 Å². The van der Waals surface area contributed by atoms with Crippen molar-refractivity contribution in [2.45, 2.75) is 26.3 Å². The van der Waals surface area contributed by atoms with Crippen LogP contribution in [0.2, 0.25) is 5.15 Å². The highest BCUT2D eigenvalue weighted by Gasteiger charge is 2.24. The summed E-state index contributed by atoms with van der Waals surface area (Å²) in [5.41, 5.74) is 0.134. The molecular formula is C13H19ClN4O2. The summed E-state index contributed by atoms with van der Waals surface area (Å²) in [4.78, 5) is 33.2. The molecule has 0 aliphatic rings. The molecule has 110 valence electrons. The minimum atomic E-state index is -0.574. The van der Waals surface area contributed by atoms with E-state index in [0.29, 0.717) is 6.42 Å². The first-order valence-electron chi connectivity index (χ1n) is 6.30. The fourth-order valence-corrected chi connectivity index (χ4v) is 1.76. The van der Waals surface area contributed by atoms with Gasteiger partial charge in [-0.25, -0.2) is 9.97 Å². The number of nitrogens with one attached hydrogen (secondary N) is 1. The lowest BCUT2D eigenvalue weighted by molar-refractivity contribution is -0.131. The minimum Gasteiger partial charge on any atom is -0.347 e. The number of carbonyl (C=O) groups is 2. The van der Waals surface area contributed by atoms with Crippen LogP contribution in [0.5, 0.6) is 0 Å². The lowest BCUT2D eigenvalue weighted by atomic mass is 10.0. The van der Waals surface area contributed by atoms with Gasteiger partial charge in [0, 0.05) is 14.1 Å². The maximum atomic E-state index is 12.1. The highest BCUT2D eigenvalue weighted by atomic mass is 35.5. The largest absolute Gasteiger partial charge is 0.347 e. The molecule has 0 bridgehead atoms. The van der Waals surface area contributed by atoms with Crippen molar-refractivity contribution in [1.29, 1.82) is 0 Å². The summed E-state index contributed by atoms with van der Waals surface area (Å²) in [7, 11) is 3.31. The first kappa shape index (κ1) is 16.4. The van der Waals surface area contributed by atoms with E-state index in [1.807, 2.05) is 13.8 Å². The van der Waals surface area contributed by atoms with Crippen LogP contribution in [0.3, 0.4) is 0 Å². The van der Waals surface area contributed by atoms with Crippen LogP contribution in [0.1, 0.15) is 30.8 Å². The molecule has 1 aromatic heterocycles. The van der Waals surface area contributed by atoms with Crippen LogP contribution < -0.4 is 5.32 Å². The Bertz CT molecular complexity index is 474. The Morgan fingerprint density at radius 2 is 1.95 bits per heavy atom. The molecule has 7 heteroatoms. The molecule has 0 aromatic carbocycles. The van der Waals surface area contributed by atoms with E-state index in [4.69, 9.17) is 11.6 Å². The zero-order valence-electron chi connectivity index (χ0n) is 12.1. The maximum absolute atomic E-state index is 12.1. The van der Waals surface area contributed by atoms with Gasteiger partial charge in [0.1, 0.15) is 16.9 Å². The summed E-state index contributed by atoms with van der Waals surface area (Å²) in [6, 6.07) is -0.574. The average Bonchev–Trinajstić information content (AvgIpc) is 2.37. The van der Waals surface area contributed by atoms with Crippen molar-refractivity contribution >= 4 is 23.4 Å². The summed E-state index contributed by atoms with van der Waals surface area (Å²) < 4.78 is 0. The standard InChI is InChI=1S/C13H19ClN4O2/c1-8(2)5-9(13(20)18(3)4)17-12(19)10-6-16-11(14)7-15-10/h6-9H,5H2,1-4H3,(H,17,19). The Hall–Kier alpha value is -1.69. The van der Waals surface area contributed by atoms with Gasteiger partial charge in [-0.1, -0.05) is 25.4 Å². The van der Waals surface area contributed by atoms with Gasteiger partial charge in [-0.2, -0.15) is 0 Å². The molecule has 0 spiro atoms. The van der Waals surface area contributed by atoms with Crippen LogP contribution in [-0.4, -0.2) is 46.8 Å². The number of likely N-dealkylation sites (N-methyl/N-ethyl adjacent to an activating group) is 1. The van der Waals surface area contributed by atoms with Crippen LogP contribution in [0.25, 0.3) is 0 Å². The molecule has 0 saturated carbocycles. The molecule has 1 atom stereocenters. The molecular weight excluding hydrogens is 280 g/mol. The second-order valence-corrected chi connectivity index (χ2v) is 5.50. The van der Waals surface area contributed by atoms with Crippen molar-refractivity contribution in [2.24, 2.45) is 5.92 Å². The predicted molar refractivity (Wildman–Crippen MR) is 76.4 cm³/mol. The molecule has 0 fully saturated rings. The third-order valence-electron chi connectivity index (χ3n) is 2.60. The second-order valence-electron chi connectivity index (χ2n) is 5.11. The Morgan fingerprint density at radius 1 is 1.30 bits per heavy atom. The molecule has 6 nitrogen and oxygen atoms in total. The Labute approximate surface area is 123 Å². The van der Waals surface area contributed by atoms with Crippen molar-refractivity contribution in [3.63, 3.8) is 0 Å². The average molecular weight is 299 g/mol. The fraction of sp³-hybridized carbons (Fsp3) is 0.538. The second kappa shape index (κ2) is 7.19. The quantitative estimate of drug-likeness (QED) is 0.890. The van der Waals surface area contributed by atoms with Crippen molar-refractivity contribution in [2.75, 3.05) is 14.1 Å². The summed E-state index contributed by atoms with van der Waals surface area (Å²) in [6.07, 6.45) is 3.13. The lowest BCUT2D eigenvalue weighted by Gasteiger charge is -2.22. The molecule has 1 aromatic rings. The predicted octanol–water partition coefficient (Wildman–Crippen LogP) is 1.36. The number of rotatable bonds is 5. The summed E-state index contributed by atoms with van der Waals surface area (Å²) in [5.74, 6) is -0.301. The summed E-state index contributed by atoms with van der Waals surface area (Å²) >= 11 is 5.62. The normalized spacial score (nSPS) is 12.1. The van der Waals surface area contributed by atoms with Crippen molar-refractivity contribution < 1.29 is 9.59 Å². The van der Waals surface area contributed by atoms with Gasteiger partial charge in [-0.05, 0) is 12.3 Å². The third-order valence-corrected chi connectivity index (χ3v) is 2.80. The SMILES string of the molecule is CC(C)CC(NC(=O)c1cnc(Cl)cn1)C(=O)N(C)C. The van der Waals surface area contributed by atoms with Crippen molar-refractivity contribution in [1.82, 2.24) is 20.2 Å². The van der Waals surface area contributed by atoms with Gasteiger partial charge >= 0.3 is 0 Å². The third kappa shape index (κ3) is 4.77. The zero-order chi connectivity index (χ0) is 15.3. The van der Waals surface area contributed by atoms with Crippen molar-refractivity contribution in [3.05, 3.63) is 23.2 Å². The van der Waals surface area contributed by atoms with E-state index in [-0.39, 0.29) is 22.7 Å². The monoisotopic (exact) mass is 298 g/mol. The molecule has 1 heterocycles. The Balaban J connectivity index is 2.81. The van der Waals surface area contributed by atoms with Crippen molar-refractivity contribution in [3.8, 4) is 0 Å². The van der Waals surface area contributed by atoms with Crippen LogP contribution in [0.15, 0.2) is 12.4 Å². The number of amides is 2. The first-order chi connectivity index (χ1) is 9.31. The summed E-state index contributed by atoms with van der Waals surface area (Å²) in [6.45, 7) is 3.98. The van der Waals surface area contributed by atoms with E-state index < -0.39 is 11.9 Å². The molecule has 1 unspecified atom stereocenters. The molecule has 0 radical (unpaired) electrons. The molecule has 0 aliphatic heterocycles.